The zero-order valence-corrected chi connectivity index (χ0v) is 16.9. The van der Waals surface area contributed by atoms with Crippen molar-refractivity contribution >= 4 is 17.6 Å². The third-order valence-electron chi connectivity index (χ3n) is 5.08. The van der Waals surface area contributed by atoms with Gasteiger partial charge in [-0.25, -0.2) is 9.59 Å². The first-order valence-electron chi connectivity index (χ1n) is 7.99. The number of hydrogen-bond donors (Lipinski definition) is 0. The second-order valence-electron chi connectivity index (χ2n) is 6.76. The molecule has 0 saturated carbocycles. The van der Waals surface area contributed by atoms with Crippen LogP contribution in [0.25, 0.3) is 0 Å². The van der Waals surface area contributed by atoms with Gasteiger partial charge in [0.15, 0.2) is 0 Å². The molecule has 1 unspecified atom stereocenters. The van der Waals surface area contributed by atoms with Crippen LogP contribution in [-0.4, -0.2) is 31.7 Å². The summed E-state index contributed by atoms with van der Waals surface area (Å²) in [6.07, 6.45) is 2.04. The molecule has 3 aliphatic heterocycles. The maximum Gasteiger partial charge on any atom is 1.00 e. The molecule has 1 aromatic carbocycles. The molecule has 1 aromatic rings. The van der Waals surface area contributed by atoms with Gasteiger partial charge in [0.25, 0.3) is 0 Å². The van der Waals surface area contributed by atoms with E-state index in [0.29, 0.717) is 6.42 Å². The number of benzene rings is 1. The number of hydrogen-bond acceptors (Lipinski definition) is 5. The summed E-state index contributed by atoms with van der Waals surface area (Å²) in [6, 6.07) is 9.13. The molecule has 0 bridgehead atoms. The van der Waals surface area contributed by atoms with Crippen LogP contribution < -0.4 is 34.5 Å². The molecule has 0 radical (unpaired) electrons. The Kier molecular flexibility index (Phi) is 4.60. The van der Waals surface area contributed by atoms with Gasteiger partial charge in [0.1, 0.15) is 11.7 Å². The van der Waals surface area contributed by atoms with E-state index < -0.39 is 11.9 Å². The molecule has 124 valence electrons. The van der Waals surface area contributed by atoms with E-state index in [1.165, 1.54) is 12.7 Å². The molecule has 6 heteroatoms. The number of esters is 2. The van der Waals surface area contributed by atoms with Crippen LogP contribution in [-0.2, 0) is 24.5 Å². The van der Waals surface area contributed by atoms with Gasteiger partial charge in [0.2, 0.25) is 0 Å². The fourth-order valence-electron chi connectivity index (χ4n) is 3.99. The summed E-state index contributed by atoms with van der Waals surface area (Å²) < 4.78 is 10.2. The molecule has 25 heavy (non-hydrogen) atoms. The molecule has 3 aliphatic rings. The molecule has 0 aliphatic carbocycles. The first-order chi connectivity index (χ1) is 11.4. The van der Waals surface area contributed by atoms with Crippen molar-refractivity contribution in [2.45, 2.75) is 31.8 Å². The number of ether oxygens (including phenoxy) is 2. The van der Waals surface area contributed by atoms with E-state index in [1.54, 1.807) is 6.08 Å². The number of carbonyl (C=O) groups is 2. The van der Waals surface area contributed by atoms with Crippen LogP contribution in [0.3, 0.4) is 0 Å². The van der Waals surface area contributed by atoms with Crippen LogP contribution in [0.15, 0.2) is 41.1 Å². The van der Waals surface area contributed by atoms with Gasteiger partial charge in [-0.2, -0.15) is 18.2 Å². The molecule has 0 aromatic heterocycles. The van der Waals surface area contributed by atoms with Crippen LogP contribution in [0.4, 0.5) is 5.69 Å². The maximum atomic E-state index is 12.1. The Morgan fingerprint density at radius 3 is 2.92 bits per heavy atom. The minimum Gasteiger partial charge on any atom is -0.465 e. The molecule has 5 nitrogen and oxygen atoms in total. The fourth-order valence-corrected chi connectivity index (χ4v) is 3.99. The van der Waals surface area contributed by atoms with E-state index in [4.69, 9.17) is 9.47 Å². The molecule has 3 heterocycles. The van der Waals surface area contributed by atoms with Gasteiger partial charge in [-0.1, -0.05) is 19.5 Å². The molecular weight excluding hydrogens is 329 g/mol. The monoisotopic (exact) mass is 347 g/mol. The van der Waals surface area contributed by atoms with Crippen LogP contribution in [0, 0.1) is 6.07 Å². The summed E-state index contributed by atoms with van der Waals surface area (Å²) in [4.78, 5) is 26.2. The standard InChI is InChI=1S/C19H18NO4.Na/c1-19(2)13-6-4-5-7-14(13)20-9-8-15-11(16(19)20)10-12(17(21)23-3)18(22)24-15;/h5-7,10,15H,8-9H2,1-3H3;/q-1;+1. The zero-order valence-electron chi connectivity index (χ0n) is 14.9. The number of allylic oxidation sites excluding steroid dienone is 1. The van der Waals surface area contributed by atoms with Crippen molar-refractivity contribution in [1.82, 2.24) is 0 Å². The Balaban J connectivity index is 0.00000182. The van der Waals surface area contributed by atoms with E-state index in [0.717, 1.165) is 23.5 Å². The van der Waals surface area contributed by atoms with Gasteiger partial charge < -0.3 is 14.4 Å². The maximum absolute atomic E-state index is 12.1. The van der Waals surface area contributed by atoms with Gasteiger partial charge in [-0.3, -0.25) is 0 Å². The predicted octanol–water partition coefficient (Wildman–Crippen LogP) is -0.729. The normalized spacial score (nSPS) is 22.8. The van der Waals surface area contributed by atoms with Crippen molar-refractivity contribution in [3.8, 4) is 0 Å². The Hall–Kier alpha value is -1.56. The van der Waals surface area contributed by atoms with Gasteiger partial charge in [0.05, 0.1) is 7.11 Å². The van der Waals surface area contributed by atoms with E-state index in [9.17, 15) is 9.59 Å². The summed E-state index contributed by atoms with van der Waals surface area (Å²) in [5.41, 5.74) is 4.03. The van der Waals surface area contributed by atoms with Crippen molar-refractivity contribution in [3.63, 3.8) is 0 Å². The summed E-state index contributed by atoms with van der Waals surface area (Å²) in [5.74, 6) is -1.27. The molecule has 0 N–H and O–H groups in total. The second-order valence-corrected chi connectivity index (χ2v) is 6.76. The van der Waals surface area contributed by atoms with E-state index in [2.05, 4.69) is 30.9 Å². The summed E-state index contributed by atoms with van der Waals surface area (Å²) >= 11 is 0. The number of methoxy groups -OCH3 is 1. The molecule has 0 saturated heterocycles. The number of carbonyl (C=O) groups excluding carboxylic acids is 2. The summed E-state index contributed by atoms with van der Waals surface area (Å²) in [7, 11) is 1.26. The van der Waals surface area contributed by atoms with Gasteiger partial charge >= 0.3 is 41.5 Å². The van der Waals surface area contributed by atoms with E-state index in [1.807, 2.05) is 12.1 Å². The smallest absolute Gasteiger partial charge is 0.465 e. The van der Waals surface area contributed by atoms with Crippen molar-refractivity contribution in [2.24, 2.45) is 0 Å². The number of anilines is 1. The average molecular weight is 347 g/mol. The third kappa shape index (κ3) is 2.57. The van der Waals surface area contributed by atoms with Crippen molar-refractivity contribution < 1.29 is 48.6 Å². The largest absolute Gasteiger partial charge is 1.00 e. The second kappa shape index (κ2) is 6.31. The minimum atomic E-state index is -0.662. The van der Waals surface area contributed by atoms with E-state index in [-0.39, 0.29) is 46.6 Å². The van der Waals surface area contributed by atoms with Crippen LogP contribution in [0.2, 0.25) is 0 Å². The average Bonchev–Trinajstić information content (AvgIpc) is 2.82. The topological polar surface area (TPSA) is 55.8 Å². The minimum absolute atomic E-state index is 0. The third-order valence-corrected chi connectivity index (χ3v) is 5.08. The SMILES string of the molecule is COC(=O)C1=CC2=C3N(CCC2OC1=O)c1cc[c-]cc1C3(C)C.[Na+]. The first kappa shape index (κ1) is 18.2. The molecule has 0 amide bonds. The fraction of sp³-hybridized carbons (Fsp3) is 0.368. The Bertz CT molecular complexity index is 824. The van der Waals surface area contributed by atoms with Gasteiger partial charge in [-0.15, -0.1) is 11.6 Å². The van der Waals surface area contributed by atoms with Gasteiger partial charge in [-0.05, 0) is 11.5 Å². The Labute approximate surface area is 169 Å². The van der Waals surface area contributed by atoms with E-state index >= 15 is 0 Å². The number of nitrogens with zero attached hydrogens (tertiary/aromatic N) is 1. The van der Waals surface area contributed by atoms with Crippen molar-refractivity contribution in [3.05, 3.63) is 52.7 Å². The molecule has 1 atom stereocenters. The van der Waals surface area contributed by atoms with Crippen LogP contribution in [0.1, 0.15) is 25.8 Å². The molecular formula is C19H18NNaO4. The Morgan fingerprint density at radius 2 is 2.20 bits per heavy atom. The quantitative estimate of drug-likeness (QED) is 0.290. The summed E-state index contributed by atoms with van der Waals surface area (Å²) in [5, 5.41) is 0. The van der Waals surface area contributed by atoms with Crippen molar-refractivity contribution in [2.75, 3.05) is 18.6 Å². The molecule has 0 spiro atoms. The zero-order chi connectivity index (χ0) is 17.1. The van der Waals surface area contributed by atoms with Gasteiger partial charge in [0, 0.05) is 24.2 Å². The molecule has 4 rings (SSSR count). The van der Waals surface area contributed by atoms with Crippen LogP contribution >= 0.6 is 0 Å². The summed E-state index contributed by atoms with van der Waals surface area (Å²) in [6.45, 7) is 5.07. The first-order valence-corrected chi connectivity index (χ1v) is 7.99. The number of fused-ring (bicyclic) bond motifs is 4. The Morgan fingerprint density at radius 1 is 1.44 bits per heavy atom. The predicted molar refractivity (Wildman–Crippen MR) is 87.3 cm³/mol. The molecule has 0 fully saturated rings. The van der Waals surface area contributed by atoms with Crippen LogP contribution in [0.5, 0.6) is 0 Å². The number of rotatable bonds is 1. The van der Waals surface area contributed by atoms with Crippen molar-refractivity contribution in [1.29, 1.82) is 0 Å².